The number of aryl methyl sites for hydroxylation is 1. The molecule has 0 amide bonds. The SMILES string of the molecule is Cc1ccc(N)c(-n2cc(Cl)cn2)c1. The number of nitrogen functional groups attached to an aromatic ring is 1. The van der Waals surface area contributed by atoms with Crippen LogP contribution in [-0.4, -0.2) is 9.78 Å². The van der Waals surface area contributed by atoms with Crippen LogP contribution in [0.2, 0.25) is 5.02 Å². The Balaban J connectivity index is 2.55. The molecule has 4 heteroatoms. The van der Waals surface area contributed by atoms with Gasteiger partial charge in [0.1, 0.15) is 0 Å². The molecule has 1 heterocycles. The van der Waals surface area contributed by atoms with E-state index < -0.39 is 0 Å². The summed E-state index contributed by atoms with van der Waals surface area (Å²) in [5.74, 6) is 0. The highest BCUT2D eigenvalue weighted by Crippen LogP contribution is 2.19. The molecule has 0 fully saturated rings. The van der Waals surface area contributed by atoms with E-state index in [0.717, 1.165) is 11.3 Å². The summed E-state index contributed by atoms with van der Waals surface area (Å²) in [5, 5.41) is 4.70. The van der Waals surface area contributed by atoms with Gasteiger partial charge in [0.25, 0.3) is 0 Å². The summed E-state index contributed by atoms with van der Waals surface area (Å²) in [6.45, 7) is 2.01. The molecule has 0 saturated carbocycles. The lowest BCUT2D eigenvalue weighted by Crippen LogP contribution is -2.00. The molecular formula is C10H10ClN3. The third kappa shape index (κ3) is 1.59. The molecule has 2 N–H and O–H groups in total. The van der Waals surface area contributed by atoms with Crippen LogP contribution in [0.1, 0.15) is 5.56 Å². The largest absolute Gasteiger partial charge is 0.397 e. The maximum Gasteiger partial charge on any atom is 0.0878 e. The highest BCUT2D eigenvalue weighted by Gasteiger charge is 2.03. The summed E-state index contributed by atoms with van der Waals surface area (Å²) in [7, 11) is 0. The smallest absolute Gasteiger partial charge is 0.0878 e. The maximum absolute atomic E-state index is 5.83. The summed E-state index contributed by atoms with van der Waals surface area (Å²) in [6, 6.07) is 5.79. The second-order valence-corrected chi connectivity index (χ2v) is 3.60. The standard InChI is InChI=1S/C10H10ClN3/c1-7-2-3-9(12)10(4-7)14-6-8(11)5-13-14/h2-6H,12H2,1H3. The van der Waals surface area contributed by atoms with Crippen LogP contribution in [0.4, 0.5) is 5.69 Å². The van der Waals surface area contributed by atoms with Crippen molar-refractivity contribution in [1.82, 2.24) is 9.78 Å². The normalized spacial score (nSPS) is 10.4. The molecule has 0 aliphatic carbocycles. The number of benzene rings is 1. The topological polar surface area (TPSA) is 43.8 Å². The molecule has 72 valence electrons. The zero-order valence-electron chi connectivity index (χ0n) is 7.74. The third-order valence-corrected chi connectivity index (χ3v) is 2.18. The van der Waals surface area contributed by atoms with Crippen LogP contribution in [0.25, 0.3) is 5.69 Å². The first-order chi connectivity index (χ1) is 6.66. The predicted octanol–water partition coefficient (Wildman–Crippen LogP) is 2.42. The second kappa shape index (κ2) is 3.35. The fraction of sp³-hybridized carbons (Fsp3) is 0.100. The van der Waals surface area contributed by atoms with E-state index in [4.69, 9.17) is 17.3 Å². The van der Waals surface area contributed by atoms with Crippen LogP contribution in [-0.2, 0) is 0 Å². The minimum absolute atomic E-state index is 0.603. The maximum atomic E-state index is 5.83. The molecule has 0 saturated heterocycles. The Hall–Kier alpha value is -1.48. The number of halogens is 1. The molecule has 1 aromatic heterocycles. The van der Waals surface area contributed by atoms with Crippen molar-refractivity contribution in [2.45, 2.75) is 6.92 Å². The van der Waals surface area contributed by atoms with E-state index in [9.17, 15) is 0 Å². The van der Waals surface area contributed by atoms with Gasteiger partial charge in [-0.3, -0.25) is 0 Å². The van der Waals surface area contributed by atoms with Crippen molar-refractivity contribution in [3.63, 3.8) is 0 Å². The lowest BCUT2D eigenvalue weighted by atomic mass is 10.2. The van der Waals surface area contributed by atoms with Crippen LogP contribution in [0.15, 0.2) is 30.6 Å². The summed E-state index contributed by atoms with van der Waals surface area (Å²) in [4.78, 5) is 0. The highest BCUT2D eigenvalue weighted by molar-refractivity contribution is 6.30. The Morgan fingerprint density at radius 1 is 1.43 bits per heavy atom. The fourth-order valence-corrected chi connectivity index (χ4v) is 1.42. The predicted molar refractivity (Wildman–Crippen MR) is 57.7 cm³/mol. The number of hydrogen-bond acceptors (Lipinski definition) is 2. The van der Waals surface area contributed by atoms with Crippen molar-refractivity contribution in [1.29, 1.82) is 0 Å². The van der Waals surface area contributed by atoms with Gasteiger partial charge in [-0.1, -0.05) is 17.7 Å². The van der Waals surface area contributed by atoms with Gasteiger partial charge in [-0.15, -0.1) is 0 Å². The first-order valence-corrected chi connectivity index (χ1v) is 4.61. The summed E-state index contributed by atoms with van der Waals surface area (Å²) in [6.07, 6.45) is 3.32. The molecule has 0 atom stereocenters. The molecule has 2 aromatic rings. The molecule has 0 spiro atoms. The van der Waals surface area contributed by atoms with Gasteiger partial charge in [0, 0.05) is 6.20 Å². The van der Waals surface area contributed by atoms with Crippen molar-refractivity contribution in [3.8, 4) is 5.69 Å². The number of aromatic nitrogens is 2. The van der Waals surface area contributed by atoms with Gasteiger partial charge < -0.3 is 5.73 Å². The second-order valence-electron chi connectivity index (χ2n) is 3.17. The van der Waals surface area contributed by atoms with Crippen LogP contribution in [0, 0.1) is 6.92 Å². The molecule has 1 aromatic carbocycles. The average molecular weight is 208 g/mol. The van der Waals surface area contributed by atoms with Gasteiger partial charge >= 0.3 is 0 Å². The highest BCUT2D eigenvalue weighted by atomic mass is 35.5. The average Bonchev–Trinajstić information content (AvgIpc) is 2.56. The van der Waals surface area contributed by atoms with Gasteiger partial charge in [0.2, 0.25) is 0 Å². The van der Waals surface area contributed by atoms with Crippen molar-refractivity contribution in [2.75, 3.05) is 5.73 Å². The van der Waals surface area contributed by atoms with E-state index >= 15 is 0 Å². The zero-order chi connectivity index (χ0) is 10.1. The lowest BCUT2D eigenvalue weighted by Gasteiger charge is -2.05. The van der Waals surface area contributed by atoms with Gasteiger partial charge in [-0.2, -0.15) is 5.10 Å². The van der Waals surface area contributed by atoms with E-state index in [1.54, 1.807) is 17.1 Å². The Labute approximate surface area is 87.1 Å². The van der Waals surface area contributed by atoms with Crippen molar-refractivity contribution < 1.29 is 0 Å². The summed E-state index contributed by atoms with van der Waals surface area (Å²) < 4.78 is 1.67. The van der Waals surface area contributed by atoms with E-state index in [-0.39, 0.29) is 0 Å². The summed E-state index contributed by atoms with van der Waals surface area (Å²) >= 11 is 5.78. The Bertz CT molecular complexity index is 462. The first-order valence-electron chi connectivity index (χ1n) is 4.23. The molecule has 2 rings (SSSR count). The van der Waals surface area contributed by atoms with Crippen LogP contribution >= 0.6 is 11.6 Å². The number of hydrogen-bond donors (Lipinski definition) is 1. The van der Waals surface area contributed by atoms with Gasteiger partial charge in [-0.05, 0) is 24.6 Å². The van der Waals surface area contributed by atoms with E-state index in [2.05, 4.69) is 5.10 Å². The molecule has 0 aliphatic heterocycles. The first kappa shape index (κ1) is 9.09. The third-order valence-electron chi connectivity index (χ3n) is 1.98. The number of nitrogens with two attached hydrogens (primary N) is 1. The van der Waals surface area contributed by atoms with Gasteiger partial charge in [0.05, 0.1) is 22.6 Å². The van der Waals surface area contributed by atoms with Crippen molar-refractivity contribution in [3.05, 3.63) is 41.2 Å². The van der Waals surface area contributed by atoms with E-state index in [1.165, 1.54) is 0 Å². The number of rotatable bonds is 1. The molecule has 0 aliphatic rings. The van der Waals surface area contributed by atoms with Crippen molar-refractivity contribution in [2.24, 2.45) is 0 Å². The molecule has 3 nitrogen and oxygen atoms in total. The Morgan fingerprint density at radius 2 is 2.21 bits per heavy atom. The quantitative estimate of drug-likeness (QED) is 0.730. The van der Waals surface area contributed by atoms with Gasteiger partial charge in [0.15, 0.2) is 0 Å². The minimum Gasteiger partial charge on any atom is -0.397 e. The molecular weight excluding hydrogens is 198 g/mol. The van der Waals surface area contributed by atoms with Crippen molar-refractivity contribution >= 4 is 17.3 Å². The Kier molecular flexibility index (Phi) is 2.17. The zero-order valence-corrected chi connectivity index (χ0v) is 8.49. The molecule has 0 bridgehead atoms. The monoisotopic (exact) mass is 207 g/mol. The van der Waals surface area contributed by atoms with Crippen LogP contribution < -0.4 is 5.73 Å². The van der Waals surface area contributed by atoms with E-state index in [0.29, 0.717) is 10.7 Å². The van der Waals surface area contributed by atoms with E-state index in [1.807, 2.05) is 25.1 Å². The minimum atomic E-state index is 0.603. The molecule has 0 unspecified atom stereocenters. The van der Waals surface area contributed by atoms with Crippen LogP contribution in [0.5, 0.6) is 0 Å². The number of nitrogens with zero attached hydrogens (tertiary/aromatic N) is 2. The Morgan fingerprint density at radius 3 is 2.86 bits per heavy atom. The number of anilines is 1. The summed E-state index contributed by atoms with van der Waals surface area (Å²) in [5.41, 5.74) is 8.51. The van der Waals surface area contributed by atoms with Gasteiger partial charge in [-0.25, -0.2) is 4.68 Å². The molecule has 0 radical (unpaired) electrons. The lowest BCUT2D eigenvalue weighted by molar-refractivity contribution is 0.881. The van der Waals surface area contributed by atoms with Crippen LogP contribution in [0.3, 0.4) is 0 Å². The molecule has 14 heavy (non-hydrogen) atoms. The fourth-order valence-electron chi connectivity index (χ4n) is 1.28.